The van der Waals surface area contributed by atoms with Crippen LogP contribution >= 0.6 is 0 Å². The van der Waals surface area contributed by atoms with Crippen LogP contribution in [-0.2, 0) is 0 Å². The van der Waals surface area contributed by atoms with E-state index >= 15 is 0 Å². The minimum absolute atomic E-state index is 0.316. The fourth-order valence-corrected chi connectivity index (χ4v) is 1.76. The number of hydrogen-bond donors (Lipinski definition) is 0. The van der Waals surface area contributed by atoms with E-state index in [4.69, 9.17) is 9.47 Å². The molecular formula is C17H12FNO2. The minimum Gasteiger partial charge on any atom is -0.452 e. The molecule has 0 fully saturated rings. The van der Waals surface area contributed by atoms with Crippen molar-refractivity contribution in [3.63, 3.8) is 0 Å². The van der Waals surface area contributed by atoms with Gasteiger partial charge in [0.25, 0.3) is 5.88 Å². The number of aromatic nitrogens is 1. The molecule has 0 bridgehead atoms. The van der Waals surface area contributed by atoms with Crippen LogP contribution in [0, 0.1) is 5.82 Å². The Balaban J connectivity index is 1.84. The lowest BCUT2D eigenvalue weighted by molar-refractivity contribution is 0.404. The van der Waals surface area contributed by atoms with Crippen molar-refractivity contribution in [3.8, 4) is 23.1 Å². The summed E-state index contributed by atoms with van der Waals surface area (Å²) in [6, 6.07) is 18.6. The molecule has 3 rings (SSSR count). The zero-order chi connectivity index (χ0) is 14.5. The zero-order valence-corrected chi connectivity index (χ0v) is 11.1. The lowest BCUT2D eigenvalue weighted by atomic mass is 10.3. The SMILES string of the molecule is Fc1ccc(Oc2ncccc2Oc2ccccc2)cc1. The molecule has 1 heterocycles. The molecule has 0 N–H and O–H groups in total. The molecule has 104 valence electrons. The Labute approximate surface area is 121 Å². The maximum Gasteiger partial charge on any atom is 0.263 e. The molecule has 0 unspecified atom stereocenters. The molecular weight excluding hydrogens is 269 g/mol. The van der Waals surface area contributed by atoms with Gasteiger partial charge in [-0.3, -0.25) is 0 Å². The molecule has 0 aliphatic rings. The Hall–Kier alpha value is -2.88. The highest BCUT2D eigenvalue weighted by Crippen LogP contribution is 2.32. The van der Waals surface area contributed by atoms with E-state index < -0.39 is 0 Å². The number of nitrogens with zero attached hydrogens (tertiary/aromatic N) is 1. The fraction of sp³-hybridized carbons (Fsp3) is 0. The van der Waals surface area contributed by atoms with Gasteiger partial charge >= 0.3 is 0 Å². The van der Waals surface area contributed by atoms with E-state index in [1.807, 2.05) is 30.3 Å². The Bertz CT molecular complexity index is 714. The predicted octanol–water partition coefficient (Wildman–Crippen LogP) is 4.81. The van der Waals surface area contributed by atoms with E-state index in [1.165, 1.54) is 24.3 Å². The summed E-state index contributed by atoms with van der Waals surface area (Å²) in [5.74, 6) is 1.69. The lowest BCUT2D eigenvalue weighted by Gasteiger charge is -2.10. The van der Waals surface area contributed by atoms with Gasteiger partial charge in [0.15, 0.2) is 5.75 Å². The summed E-state index contributed by atoms with van der Waals surface area (Å²) in [5, 5.41) is 0. The van der Waals surface area contributed by atoms with Crippen LogP contribution in [0.15, 0.2) is 72.9 Å². The molecule has 0 aliphatic heterocycles. The van der Waals surface area contributed by atoms with E-state index in [9.17, 15) is 4.39 Å². The molecule has 0 saturated carbocycles. The van der Waals surface area contributed by atoms with Gasteiger partial charge in [0.2, 0.25) is 0 Å². The first-order valence-corrected chi connectivity index (χ1v) is 6.42. The molecule has 21 heavy (non-hydrogen) atoms. The van der Waals surface area contributed by atoms with E-state index in [1.54, 1.807) is 18.3 Å². The molecule has 1 aromatic heterocycles. The molecule has 3 nitrogen and oxygen atoms in total. The van der Waals surface area contributed by atoms with Crippen molar-refractivity contribution in [2.75, 3.05) is 0 Å². The van der Waals surface area contributed by atoms with Crippen LogP contribution in [0.4, 0.5) is 4.39 Å². The van der Waals surface area contributed by atoms with Crippen LogP contribution in [0.3, 0.4) is 0 Å². The van der Waals surface area contributed by atoms with Crippen LogP contribution in [-0.4, -0.2) is 4.98 Å². The Morgan fingerprint density at radius 1 is 0.714 bits per heavy atom. The van der Waals surface area contributed by atoms with Crippen molar-refractivity contribution in [1.82, 2.24) is 4.98 Å². The van der Waals surface area contributed by atoms with Crippen LogP contribution in [0.5, 0.6) is 23.1 Å². The van der Waals surface area contributed by atoms with Gasteiger partial charge < -0.3 is 9.47 Å². The first-order valence-electron chi connectivity index (χ1n) is 6.42. The van der Waals surface area contributed by atoms with Crippen molar-refractivity contribution < 1.29 is 13.9 Å². The summed E-state index contributed by atoms with van der Waals surface area (Å²) in [4.78, 5) is 4.15. The van der Waals surface area contributed by atoms with E-state index in [0.717, 1.165) is 0 Å². The number of para-hydroxylation sites is 1. The Morgan fingerprint density at radius 2 is 1.43 bits per heavy atom. The quantitative estimate of drug-likeness (QED) is 0.688. The third-order valence-corrected chi connectivity index (χ3v) is 2.74. The van der Waals surface area contributed by atoms with Gasteiger partial charge in [-0.25, -0.2) is 9.37 Å². The Kier molecular flexibility index (Phi) is 3.78. The van der Waals surface area contributed by atoms with Gasteiger partial charge in [-0.05, 0) is 48.5 Å². The third-order valence-electron chi connectivity index (χ3n) is 2.74. The average Bonchev–Trinajstić information content (AvgIpc) is 2.52. The number of rotatable bonds is 4. The third kappa shape index (κ3) is 3.36. The monoisotopic (exact) mass is 281 g/mol. The highest BCUT2D eigenvalue weighted by molar-refractivity contribution is 5.40. The normalized spacial score (nSPS) is 10.1. The highest BCUT2D eigenvalue weighted by Gasteiger charge is 2.08. The zero-order valence-electron chi connectivity index (χ0n) is 11.1. The smallest absolute Gasteiger partial charge is 0.263 e. The average molecular weight is 281 g/mol. The molecule has 0 amide bonds. The second-order valence-corrected chi connectivity index (χ2v) is 4.28. The van der Waals surface area contributed by atoms with Gasteiger partial charge in [0.05, 0.1) is 0 Å². The summed E-state index contributed by atoms with van der Waals surface area (Å²) in [6.45, 7) is 0. The first-order chi connectivity index (χ1) is 10.3. The highest BCUT2D eigenvalue weighted by atomic mass is 19.1. The van der Waals surface area contributed by atoms with E-state index in [0.29, 0.717) is 23.1 Å². The molecule has 0 aliphatic carbocycles. The van der Waals surface area contributed by atoms with Gasteiger partial charge in [-0.15, -0.1) is 0 Å². The van der Waals surface area contributed by atoms with Crippen molar-refractivity contribution in [3.05, 3.63) is 78.7 Å². The van der Waals surface area contributed by atoms with Crippen LogP contribution < -0.4 is 9.47 Å². The topological polar surface area (TPSA) is 31.4 Å². The maximum absolute atomic E-state index is 12.9. The number of pyridine rings is 1. The number of hydrogen-bond acceptors (Lipinski definition) is 3. The number of halogens is 1. The molecule has 0 radical (unpaired) electrons. The number of ether oxygens (including phenoxy) is 2. The number of benzene rings is 2. The van der Waals surface area contributed by atoms with Crippen molar-refractivity contribution in [1.29, 1.82) is 0 Å². The fourth-order valence-electron chi connectivity index (χ4n) is 1.76. The van der Waals surface area contributed by atoms with Crippen molar-refractivity contribution in [2.24, 2.45) is 0 Å². The first kappa shape index (κ1) is 13.1. The van der Waals surface area contributed by atoms with Gasteiger partial charge in [-0.1, -0.05) is 18.2 Å². The summed E-state index contributed by atoms with van der Waals surface area (Å²) in [6.07, 6.45) is 1.61. The van der Waals surface area contributed by atoms with Gasteiger partial charge in [-0.2, -0.15) is 0 Å². The second kappa shape index (κ2) is 6.05. The van der Waals surface area contributed by atoms with Crippen molar-refractivity contribution in [2.45, 2.75) is 0 Å². The maximum atomic E-state index is 12.9. The minimum atomic E-state index is -0.316. The summed E-state index contributed by atoms with van der Waals surface area (Å²) < 4.78 is 24.3. The van der Waals surface area contributed by atoms with Crippen molar-refractivity contribution >= 4 is 0 Å². The molecule has 2 aromatic carbocycles. The molecule has 0 spiro atoms. The van der Waals surface area contributed by atoms with Gasteiger partial charge in [0.1, 0.15) is 17.3 Å². The summed E-state index contributed by atoms with van der Waals surface area (Å²) in [5.41, 5.74) is 0. The summed E-state index contributed by atoms with van der Waals surface area (Å²) >= 11 is 0. The molecule has 0 saturated heterocycles. The lowest BCUT2D eigenvalue weighted by Crippen LogP contribution is -1.92. The van der Waals surface area contributed by atoms with E-state index in [-0.39, 0.29) is 5.82 Å². The molecule has 4 heteroatoms. The van der Waals surface area contributed by atoms with E-state index in [2.05, 4.69) is 4.98 Å². The summed E-state index contributed by atoms with van der Waals surface area (Å²) in [7, 11) is 0. The Morgan fingerprint density at radius 3 is 2.19 bits per heavy atom. The van der Waals surface area contributed by atoms with Crippen LogP contribution in [0.2, 0.25) is 0 Å². The molecule has 3 aromatic rings. The standard InChI is InChI=1S/C17H12FNO2/c18-13-8-10-15(11-9-13)21-17-16(7-4-12-19-17)20-14-5-2-1-3-6-14/h1-12H. The largest absolute Gasteiger partial charge is 0.452 e. The molecule has 0 atom stereocenters. The van der Waals surface area contributed by atoms with Gasteiger partial charge in [0, 0.05) is 6.20 Å². The van der Waals surface area contributed by atoms with Crippen LogP contribution in [0.25, 0.3) is 0 Å². The van der Waals surface area contributed by atoms with Crippen LogP contribution in [0.1, 0.15) is 0 Å². The predicted molar refractivity (Wildman–Crippen MR) is 77.2 cm³/mol. The second-order valence-electron chi connectivity index (χ2n) is 4.28.